The van der Waals surface area contributed by atoms with Crippen molar-refractivity contribution >= 4 is 130 Å². The Morgan fingerprint density at radius 2 is 0.798 bits per heavy atom. The number of nitrogens with two attached hydrogens (primary N) is 1. The molecule has 562 valence electrons. The molecule has 99 heavy (non-hydrogen) atoms. The number of rotatable bonds is 32. The van der Waals surface area contributed by atoms with Crippen molar-refractivity contribution in [2.45, 2.75) is 144 Å². The molecule has 0 unspecified atom stereocenters. The summed E-state index contributed by atoms with van der Waals surface area (Å²) in [6.07, 6.45) is 8.67. The molecule has 3 saturated heterocycles. The van der Waals surface area contributed by atoms with Crippen LogP contribution < -0.4 is 11.1 Å². The van der Waals surface area contributed by atoms with Crippen molar-refractivity contribution in [2.24, 2.45) is 5.73 Å². The molecule has 2 amide bonds. The standard InChI is InChI=1S/C24H37Cl2N3O5S.C19H29Cl2N3O3S.C13H27N3O2.C10H11Cl2NO4S/c1-24(2,3)34-23(31)29-17-15-28(16-18-29)13-7-5-6-9-19(30)12-14-27(4)35(32,33)21-11-8-10-20(25)22(21)26;1-23(28(26,27)18-8-5-7-17(20)19(18)21)13-9-16(25)6-3-2-4-12-24-14-10-22-11-15-24;1-13(2,3)18-12(17)16-10-8-15(9-11-16)7-5-4-6-14;1-13(5-6-17-7-14)18(15,16)9-4-2-3-8(11)10(9)12/h8,10-11H,5-7,9,12-18H2,1-4H3;5,7-8,22H,2-4,6,9-15H2,1H3;4-11,14H2,1-3H3;2-4,7H,5-6H2,1H3. The largest absolute Gasteiger partial charge is 0.466 e. The number of nitrogens with zero attached hydrogens (tertiary/aromatic N) is 8. The Bertz CT molecular complexity index is 3350. The van der Waals surface area contributed by atoms with E-state index in [1.165, 1.54) is 69.7 Å². The summed E-state index contributed by atoms with van der Waals surface area (Å²) in [5.41, 5.74) is 4.58. The number of nitrogens with one attached hydrogen (secondary N) is 1. The molecule has 0 radical (unpaired) electrons. The number of piperazine rings is 3. The third kappa shape index (κ3) is 32.9. The second-order valence-electron chi connectivity index (χ2n) is 26.0. The number of hydrogen-bond acceptors (Lipinski definition) is 19. The third-order valence-electron chi connectivity index (χ3n) is 15.9. The molecule has 6 rings (SSSR count). The van der Waals surface area contributed by atoms with Crippen molar-refractivity contribution in [3.05, 3.63) is 84.7 Å². The quantitative estimate of drug-likeness (QED) is 0.0334. The Morgan fingerprint density at radius 3 is 1.12 bits per heavy atom. The zero-order valence-corrected chi connectivity index (χ0v) is 65.7. The van der Waals surface area contributed by atoms with Gasteiger partial charge in [0.05, 0.1) is 30.1 Å². The smallest absolute Gasteiger partial charge is 0.410 e. The van der Waals surface area contributed by atoms with Crippen LogP contribution in [0.15, 0.2) is 69.3 Å². The fourth-order valence-corrected chi connectivity index (χ4v) is 15.7. The third-order valence-corrected chi connectivity index (χ3v) is 24.4. The fraction of sp³-hybridized carbons (Fsp3) is 0.652. The van der Waals surface area contributed by atoms with Gasteiger partial charge in [0.25, 0.3) is 6.47 Å². The molecular formula is C66H104Cl6N10O14S3. The van der Waals surface area contributed by atoms with Gasteiger partial charge in [-0.25, -0.2) is 43.5 Å². The van der Waals surface area contributed by atoms with Gasteiger partial charge >= 0.3 is 12.2 Å². The number of unbranched alkanes of at least 4 members (excludes halogenated alkanes) is 5. The number of likely N-dealkylation sites (N-methyl/N-ethyl adjacent to an activating group) is 1. The SMILES string of the molecule is CC(C)(C)OC(=O)N1CCN(CCCCN)CC1.CN(CCC(=O)CCCCCN1CCN(C(=O)OC(C)(C)C)CC1)S(=O)(=O)c1cccc(Cl)c1Cl.CN(CCC(=O)CCCCCN1CCNCC1)S(=O)(=O)c1cccc(Cl)c1Cl.CN(CCOC=O)S(=O)(=O)c1cccc(Cl)c1Cl. The Balaban J connectivity index is 0.000000357. The van der Waals surface area contributed by atoms with Crippen LogP contribution in [0.3, 0.4) is 0 Å². The number of Topliss-reactive ketones (excluding diaryl/α,β-unsaturated/α-hetero) is 2. The zero-order chi connectivity index (χ0) is 74.2. The van der Waals surface area contributed by atoms with Crippen LogP contribution in [0.1, 0.15) is 119 Å². The Hall–Kier alpha value is -3.72. The number of sulfonamides is 3. The van der Waals surface area contributed by atoms with Crippen LogP contribution in [0.25, 0.3) is 0 Å². The van der Waals surface area contributed by atoms with E-state index in [0.717, 1.165) is 156 Å². The van der Waals surface area contributed by atoms with Crippen molar-refractivity contribution < 1.29 is 63.4 Å². The topological polar surface area (TPSA) is 279 Å². The van der Waals surface area contributed by atoms with Gasteiger partial charge in [-0.2, -0.15) is 4.31 Å². The van der Waals surface area contributed by atoms with E-state index in [2.05, 4.69) is 24.8 Å². The number of ketones is 2. The summed E-state index contributed by atoms with van der Waals surface area (Å²) in [6, 6.07) is 13.3. The summed E-state index contributed by atoms with van der Waals surface area (Å²) >= 11 is 35.5. The van der Waals surface area contributed by atoms with E-state index in [1.54, 1.807) is 15.9 Å². The molecule has 0 saturated carbocycles. The minimum atomic E-state index is -3.82. The predicted molar refractivity (Wildman–Crippen MR) is 393 cm³/mol. The van der Waals surface area contributed by atoms with Crippen LogP contribution >= 0.6 is 69.6 Å². The molecule has 3 aliphatic rings. The highest BCUT2D eigenvalue weighted by Crippen LogP contribution is 2.33. The van der Waals surface area contributed by atoms with Gasteiger partial charge in [0.15, 0.2) is 0 Å². The molecule has 0 atom stereocenters. The summed E-state index contributed by atoms with van der Waals surface area (Å²) in [5.74, 6) is 0.122. The van der Waals surface area contributed by atoms with E-state index in [9.17, 15) is 49.2 Å². The van der Waals surface area contributed by atoms with Gasteiger partial charge in [-0.05, 0) is 143 Å². The maximum absolute atomic E-state index is 12.7. The van der Waals surface area contributed by atoms with E-state index in [-0.39, 0.29) is 114 Å². The molecule has 0 spiro atoms. The molecule has 3 N–H and O–H groups in total. The first-order chi connectivity index (χ1) is 46.5. The molecule has 3 aliphatic heterocycles. The van der Waals surface area contributed by atoms with Gasteiger partial charge in [-0.15, -0.1) is 0 Å². The Kier molecular flexibility index (Phi) is 40.5. The van der Waals surface area contributed by atoms with E-state index >= 15 is 0 Å². The van der Waals surface area contributed by atoms with Gasteiger partial charge in [0.2, 0.25) is 30.1 Å². The van der Waals surface area contributed by atoms with Crippen LogP contribution in [0, 0.1) is 0 Å². The van der Waals surface area contributed by atoms with Crippen LogP contribution in [-0.4, -0.2) is 256 Å². The molecule has 0 aliphatic carbocycles. The maximum atomic E-state index is 12.7. The molecule has 3 fully saturated rings. The molecule has 3 heterocycles. The first-order valence-corrected chi connectivity index (χ1v) is 39.9. The zero-order valence-electron chi connectivity index (χ0n) is 58.8. The summed E-state index contributed by atoms with van der Waals surface area (Å²) in [7, 11) is -7.10. The van der Waals surface area contributed by atoms with E-state index in [4.69, 9.17) is 84.8 Å². The van der Waals surface area contributed by atoms with E-state index < -0.39 is 41.3 Å². The summed E-state index contributed by atoms with van der Waals surface area (Å²) in [4.78, 5) is 68.9. The van der Waals surface area contributed by atoms with Crippen molar-refractivity contribution in [3.8, 4) is 0 Å². The van der Waals surface area contributed by atoms with Gasteiger partial charge in [-0.1, -0.05) is 101 Å². The van der Waals surface area contributed by atoms with Gasteiger partial charge < -0.3 is 40.0 Å². The lowest BCUT2D eigenvalue weighted by atomic mass is 10.1. The Morgan fingerprint density at radius 1 is 0.475 bits per heavy atom. The monoisotopic (exact) mass is 1570 g/mol. The lowest BCUT2D eigenvalue weighted by Gasteiger charge is -2.35. The lowest BCUT2D eigenvalue weighted by molar-refractivity contribution is -0.128. The number of hydrogen-bond donors (Lipinski definition) is 2. The highest BCUT2D eigenvalue weighted by atomic mass is 35.5. The highest BCUT2D eigenvalue weighted by Gasteiger charge is 2.30. The number of ether oxygens (including phenoxy) is 3. The number of carbonyl (C=O) groups excluding carboxylic acids is 5. The summed E-state index contributed by atoms with van der Waals surface area (Å²) in [6.45, 7) is 26.2. The van der Waals surface area contributed by atoms with Gasteiger partial charge in [0, 0.05) is 145 Å². The van der Waals surface area contributed by atoms with E-state index in [1.807, 2.05) is 41.5 Å². The molecule has 0 bridgehead atoms. The predicted octanol–water partition coefficient (Wildman–Crippen LogP) is 10.8. The minimum Gasteiger partial charge on any atom is -0.466 e. The average Bonchev–Trinajstić information content (AvgIpc) is 0.814. The van der Waals surface area contributed by atoms with Crippen molar-refractivity contribution in [2.75, 3.05) is 152 Å². The van der Waals surface area contributed by atoms with Gasteiger partial charge in [-0.3, -0.25) is 24.2 Å². The summed E-state index contributed by atoms with van der Waals surface area (Å²) in [5, 5.41) is 3.82. The maximum Gasteiger partial charge on any atom is 0.410 e. The molecule has 3 aromatic carbocycles. The lowest BCUT2D eigenvalue weighted by Crippen LogP contribution is -2.50. The number of halogens is 6. The van der Waals surface area contributed by atoms with Crippen LogP contribution in [0.2, 0.25) is 30.1 Å². The Labute approximate surface area is 618 Å². The molecule has 3 aromatic rings. The average molecular weight is 1570 g/mol. The molecular weight excluding hydrogens is 1470 g/mol. The van der Waals surface area contributed by atoms with Crippen LogP contribution in [0.4, 0.5) is 9.59 Å². The second-order valence-corrected chi connectivity index (χ2v) is 34.4. The number of carbonyl (C=O) groups is 5. The number of amides is 2. The van der Waals surface area contributed by atoms with Crippen molar-refractivity contribution in [1.29, 1.82) is 0 Å². The van der Waals surface area contributed by atoms with E-state index in [0.29, 0.717) is 25.9 Å². The first kappa shape index (κ1) is 89.5. The van der Waals surface area contributed by atoms with Gasteiger partial charge in [0.1, 0.15) is 44.1 Å². The van der Waals surface area contributed by atoms with Crippen LogP contribution in [0.5, 0.6) is 0 Å². The highest BCUT2D eigenvalue weighted by molar-refractivity contribution is 7.89. The fourth-order valence-electron chi connectivity index (χ4n) is 10.0. The normalized spacial score (nSPS) is 15.3. The molecule has 24 nitrogen and oxygen atoms in total. The van der Waals surface area contributed by atoms with Crippen LogP contribution in [-0.2, 0) is 58.7 Å². The molecule has 33 heteroatoms. The number of benzene rings is 3. The summed E-state index contributed by atoms with van der Waals surface area (Å²) < 4.78 is 93.5. The first-order valence-electron chi connectivity index (χ1n) is 33.3. The second kappa shape index (κ2) is 44.8. The minimum absolute atomic E-state index is 0.00632. The van der Waals surface area contributed by atoms with Crippen molar-refractivity contribution in [1.82, 2.24) is 42.7 Å². The van der Waals surface area contributed by atoms with Crippen molar-refractivity contribution in [3.63, 3.8) is 0 Å². The molecule has 0 aromatic heterocycles.